The van der Waals surface area contributed by atoms with Crippen LogP contribution in [0.15, 0.2) is 48.5 Å². The van der Waals surface area contributed by atoms with E-state index in [-0.39, 0.29) is 12.3 Å². The summed E-state index contributed by atoms with van der Waals surface area (Å²) in [6, 6.07) is 13.4. The van der Waals surface area contributed by atoms with Crippen molar-refractivity contribution in [3.8, 4) is 5.75 Å². The van der Waals surface area contributed by atoms with Crippen molar-refractivity contribution in [2.45, 2.75) is 13.0 Å². The SMILES string of the molecule is CS(=O)(=O)OCCc1ccc(OCc2ccc([N+](=O)[O-])cc2)cc1. The Morgan fingerprint density at radius 1 is 1.00 bits per heavy atom. The zero-order valence-corrected chi connectivity index (χ0v) is 13.9. The topological polar surface area (TPSA) is 95.7 Å². The van der Waals surface area contributed by atoms with Gasteiger partial charge >= 0.3 is 0 Å². The van der Waals surface area contributed by atoms with Crippen molar-refractivity contribution in [2.24, 2.45) is 0 Å². The van der Waals surface area contributed by atoms with E-state index in [9.17, 15) is 18.5 Å². The fourth-order valence-electron chi connectivity index (χ4n) is 1.94. The van der Waals surface area contributed by atoms with E-state index < -0.39 is 15.0 Å². The fraction of sp³-hybridized carbons (Fsp3) is 0.250. The molecule has 0 heterocycles. The smallest absolute Gasteiger partial charge is 0.269 e. The van der Waals surface area contributed by atoms with Crippen molar-refractivity contribution in [1.82, 2.24) is 0 Å². The molecule has 0 atom stereocenters. The first-order valence-corrected chi connectivity index (χ1v) is 8.94. The van der Waals surface area contributed by atoms with Crippen molar-refractivity contribution in [1.29, 1.82) is 0 Å². The highest BCUT2D eigenvalue weighted by Crippen LogP contribution is 2.16. The molecule has 0 N–H and O–H groups in total. The molecule has 0 saturated carbocycles. The standard InChI is InChI=1S/C16H17NO6S/c1-24(20,21)23-11-10-13-4-8-16(9-5-13)22-12-14-2-6-15(7-3-14)17(18)19/h2-9H,10-12H2,1H3. The number of nitrogens with zero attached hydrogens (tertiary/aromatic N) is 1. The van der Waals surface area contributed by atoms with Crippen molar-refractivity contribution >= 4 is 15.8 Å². The average molecular weight is 351 g/mol. The van der Waals surface area contributed by atoms with Crippen LogP contribution in [0.2, 0.25) is 0 Å². The largest absolute Gasteiger partial charge is 0.489 e. The van der Waals surface area contributed by atoms with E-state index in [4.69, 9.17) is 4.74 Å². The summed E-state index contributed by atoms with van der Waals surface area (Å²) in [5.41, 5.74) is 1.80. The minimum atomic E-state index is -3.42. The molecule has 2 rings (SSSR count). The first-order valence-electron chi connectivity index (χ1n) is 7.13. The van der Waals surface area contributed by atoms with Gasteiger partial charge < -0.3 is 4.74 Å². The molecule has 0 saturated heterocycles. The van der Waals surface area contributed by atoms with E-state index in [0.29, 0.717) is 18.8 Å². The molecule has 2 aromatic rings. The fourth-order valence-corrected chi connectivity index (χ4v) is 2.33. The Morgan fingerprint density at radius 2 is 1.58 bits per heavy atom. The Bertz CT molecular complexity index is 784. The summed E-state index contributed by atoms with van der Waals surface area (Å²) in [5, 5.41) is 10.6. The summed E-state index contributed by atoms with van der Waals surface area (Å²) in [4.78, 5) is 10.1. The predicted octanol–water partition coefficient (Wildman–Crippen LogP) is 2.69. The minimum absolute atomic E-state index is 0.0411. The summed E-state index contributed by atoms with van der Waals surface area (Å²) < 4.78 is 32.0. The van der Waals surface area contributed by atoms with Gasteiger partial charge in [0.1, 0.15) is 12.4 Å². The second-order valence-electron chi connectivity index (χ2n) is 5.13. The molecule has 0 aliphatic heterocycles. The monoisotopic (exact) mass is 351 g/mol. The molecule has 0 aromatic heterocycles. The van der Waals surface area contributed by atoms with Crippen molar-refractivity contribution in [3.63, 3.8) is 0 Å². The Hall–Kier alpha value is -2.45. The normalized spacial score (nSPS) is 11.2. The van der Waals surface area contributed by atoms with Gasteiger partial charge in [-0.15, -0.1) is 0 Å². The molecule has 0 radical (unpaired) electrons. The first kappa shape index (κ1) is 17.9. The first-order chi connectivity index (χ1) is 11.3. The number of hydrogen-bond acceptors (Lipinski definition) is 6. The lowest BCUT2D eigenvalue weighted by molar-refractivity contribution is -0.384. The van der Waals surface area contributed by atoms with Crippen LogP contribution in [0.1, 0.15) is 11.1 Å². The molecule has 7 nitrogen and oxygen atoms in total. The molecule has 0 fully saturated rings. The maximum absolute atomic E-state index is 10.9. The van der Waals surface area contributed by atoms with E-state index in [1.54, 1.807) is 24.3 Å². The van der Waals surface area contributed by atoms with Crippen LogP contribution in [0.25, 0.3) is 0 Å². The number of non-ortho nitro benzene ring substituents is 1. The quantitative estimate of drug-likeness (QED) is 0.412. The van der Waals surface area contributed by atoms with Crippen LogP contribution in [0, 0.1) is 10.1 Å². The highest BCUT2D eigenvalue weighted by molar-refractivity contribution is 7.85. The van der Waals surface area contributed by atoms with E-state index in [1.165, 1.54) is 12.1 Å². The number of hydrogen-bond donors (Lipinski definition) is 0. The molecule has 0 amide bonds. The highest BCUT2D eigenvalue weighted by atomic mass is 32.2. The molecule has 2 aromatic carbocycles. The minimum Gasteiger partial charge on any atom is -0.489 e. The lowest BCUT2D eigenvalue weighted by Gasteiger charge is -2.07. The third kappa shape index (κ3) is 5.98. The van der Waals surface area contributed by atoms with Gasteiger partial charge in [-0.05, 0) is 41.8 Å². The van der Waals surface area contributed by atoms with Crippen LogP contribution in [-0.2, 0) is 27.3 Å². The van der Waals surface area contributed by atoms with Crippen LogP contribution < -0.4 is 4.74 Å². The zero-order valence-electron chi connectivity index (χ0n) is 13.0. The Morgan fingerprint density at radius 3 is 2.12 bits per heavy atom. The lowest BCUT2D eigenvalue weighted by Crippen LogP contribution is -2.06. The summed E-state index contributed by atoms with van der Waals surface area (Å²) in [6.07, 6.45) is 1.50. The molecule has 0 bridgehead atoms. The second-order valence-corrected chi connectivity index (χ2v) is 6.78. The van der Waals surface area contributed by atoms with Crippen molar-refractivity contribution in [3.05, 3.63) is 69.8 Å². The van der Waals surface area contributed by atoms with Gasteiger partial charge in [0.15, 0.2) is 0 Å². The molecule has 0 spiro atoms. The van der Waals surface area contributed by atoms with E-state index >= 15 is 0 Å². The van der Waals surface area contributed by atoms with Crippen LogP contribution in [0.4, 0.5) is 5.69 Å². The van der Waals surface area contributed by atoms with Gasteiger partial charge in [0.05, 0.1) is 17.8 Å². The Balaban J connectivity index is 1.84. The third-order valence-corrected chi connectivity index (χ3v) is 3.76. The summed E-state index contributed by atoms with van der Waals surface area (Å²) >= 11 is 0. The lowest BCUT2D eigenvalue weighted by atomic mass is 10.1. The maximum Gasteiger partial charge on any atom is 0.269 e. The van der Waals surface area contributed by atoms with Gasteiger partial charge in [0.2, 0.25) is 0 Å². The molecular weight excluding hydrogens is 334 g/mol. The molecule has 0 aliphatic carbocycles. The summed E-state index contributed by atoms with van der Waals surface area (Å²) in [6.45, 7) is 0.399. The Labute approximate surface area is 140 Å². The third-order valence-electron chi connectivity index (χ3n) is 3.16. The number of nitro groups is 1. The maximum atomic E-state index is 10.9. The second kappa shape index (κ2) is 7.89. The van der Waals surface area contributed by atoms with E-state index in [2.05, 4.69) is 4.18 Å². The molecule has 24 heavy (non-hydrogen) atoms. The number of nitro benzene ring substituents is 1. The number of rotatable bonds is 8. The van der Waals surface area contributed by atoms with Gasteiger partial charge in [-0.3, -0.25) is 14.3 Å². The zero-order chi connectivity index (χ0) is 17.6. The molecule has 0 aliphatic rings. The van der Waals surface area contributed by atoms with Gasteiger partial charge in [0.25, 0.3) is 15.8 Å². The highest BCUT2D eigenvalue weighted by Gasteiger charge is 2.05. The molecular formula is C16H17NO6S. The number of benzene rings is 2. The molecule has 8 heteroatoms. The van der Waals surface area contributed by atoms with Gasteiger partial charge in [-0.25, -0.2) is 0 Å². The Kier molecular flexibility index (Phi) is 5.88. The van der Waals surface area contributed by atoms with E-state index in [1.807, 2.05) is 12.1 Å². The van der Waals surface area contributed by atoms with Gasteiger partial charge in [0, 0.05) is 12.1 Å². The van der Waals surface area contributed by atoms with Crippen LogP contribution in [-0.4, -0.2) is 26.2 Å². The van der Waals surface area contributed by atoms with Crippen LogP contribution >= 0.6 is 0 Å². The van der Waals surface area contributed by atoms with Crippen molar-refractivity contribution < 1.29 is 22.3 Å². The molecule has 0 unspecified atom stereocenters. The van der Waals surface area contributed by atoms with Gasteiger partial charge in [-0.2, -0.15) is 8.42 Å². The van der Waals surface area contributed by atoms with Crippen LogP contribution in [0.3, 0.4) is 0 Å². The molecule has 128 valence electrons. The average Bonchev–Trinajstić information content (AvgIpc) is 2.53. The van der Waals surface area contributed by atoms with E-state index in [0.717, 1.165) is 17.4 Å². The van der Waals surface area contributed by atoms with Crippen molar-refractivity contribution in [2.75, 3.05) is 12.9 Å². The van der Waals surface area contributed by atoms with Crippen LogP contribution in [0.5, 0.6) is 5.75 Å². The number of ether oxygens (including phenoxy) is 1. The van der Waals surface area contributed by atoms with Gasteiger partial charge in [-0.1, -0.05) is 12.1 Å². The predicted molar refractivity (Wildman–Crippen MR) is 88.4 cm³/mol. The summed E-state index contributed by atoms with van der Waals surface area (Å²) in [5.74, 6) is 0.654. The summed E-state index contributed by atoms with van der Waals surface area (Å²) in [7, 11) is -3.42.